The molecule has 0 radical (unpaired) electrons. The van der Waals surface area contributed by atoms with Crippen molar-refractivity contribution in [1.82, 2.24) is 20.1 Å². The first kappa shape index (κ1) is 12.7. The average molecular weight is 274 g/mol. The summed E-state index contributed by atoms with van der Waals surface area (Å²) in [6, 6.07) is 7.39. The Hall–Kier alpha value is -1.33. The maximum atomic E-state index is 4.11. The highest BCUT2D eigenvalue weighted by atomic mass is 32.2. The Morgan fingerprint density at radius 3 is 2.89 bits per heavy atom. The van der Waals surface area contributed by atoms with Gasteiger partial charge in [0.15, 0.2) is 5.16 Å². The fourth-order valence-electron chi connectivity index (χ4n) is 1.95. The molecule has 2 aromatic rings. The van der Waals surface area contributed by atoms with Crippen molar-refractivity contribution >= 4 is 11.8 Å². The Balaban J connectivity index is 1.70. The van der Waals surface area contributed by atoms with Crippen LogP contribution in [-0.4, -0.2) is 20.8 Å². The summed E-state index contributed by atoms with van der Waals surface area (Å²) in [6.07, 6.45) is 4.39. The molecule has 1 aliphatic rings. The van der Waals surface area contributed by atoms with Gasteiger partial charge in [-0.3, -0.25) is 0 Å². The molecule has 0 bridgehead atoms. The predicted octanol–water partition coefficient (Wildman–Crippen LogP) is 2.53. The van der Waals surface area contributed by atoms with E-state index in [-0.39, 0.29) is 0 Å². The highest BCUT2D eigenvalue weighted by molar-refractivity contribution is 7.99. The second kappa shape index (κ2) is 5.35. The van der Waals surface area contributed by atoms with E-state index < -0.39 is 0 Å². The molecular formula is C14H18N4S. The summed E-state index contributed by atoms with van der Waals surface area (Å²) in [5, 5.41) is 12.5. The van der Waals surface area contributed by atoms with Gasteiger partial charge < -0.3 is 9.88 Å². The highest BCUT2D eigenvalue weighted by Gasteiger charge is 2.19. The monoisotopic (exact) mass is 274 g/mol. The molecule has 1 aliphatic carbocycles. The molecule has 4 nitrogen and oxygen atoms in total. The summed E-state index contributed by atoms with van der Waals surface area (Å²) in [4.78, 5) is 1.24. The standard InChI is InChI=1S/C14H18N4S/c1-10-7-11(8-15-12-4-5-12)3-6-13(10)19-14-17-16-9-18(14)2/h3,6-7,9,12,15H,4-5,8H2,1-2H3. The van der Waals surface area contributed by atoms with Crippen molar-refractivity contribution in [2.24, 2.45) is 7.05 Å². The SMILES string of the molecule is Cc1cc(CNC2CC2)ccc1Sc1nncn1C. The number of aromatic nitrogens is 3. The predicted molar refractivity (Wildman–Crippen MR) is 76.2 cm³/mol. The minimum absolute atomic E-state index is 0.757. The second-order valence-electron chi connectivity index (χ2n) is 5.08. The Morgan fingerprint density at radius 1 is 1.42 bits per heavy atom. The van der Waals surface area contributed by atoms with E-state index in [0.717, 1.165) is 17.7 Å². The van der Waals surface area contributed by atoms with Crippen molar-refractivity contribution in [3.63, 3.8) is 0 Å². The van der Waals surface area contributed by atoms with E-state index >= 15 is 0 Å². The molecular weight excluding hydrogens is 256 g/mol. The number of hydrogen-bond acceptors (Lipinski definition) is 4. The summed E-state index contributed by atoms with van der Waals surface area (Å²) in [5.74, 6) is 0. The molecule has 3 rings (SSSR count). The number of nitrogens with one attached hydrogen (secondary N) is 1. The molecule has 1 fully saturated rings. The number of rotatable bonds is 5. The minimum Gasteiger partial charge on any atom is -0.311 e. The van der Waals surface area contributed by atoms with Crippen molar-refractivity contribution in [2.45, 2.75) is 42.4 Å². The minimum atomic E-state index is 0.757. The number of nitrogens with zero attached hydrogens (tertiary/aromatic N) is 3. The van der Waals surface area contributed by atoms with Gasteiger partial charge in [0, 0.05) is 24.5 Å². The normalized spacial score (nSPS) is 14.8. The van der Waals surface area contributed by atoms with Gasteiger partial charge in [0.1, 0.15) is 6.33 Å². The van der Waals surface area contributed by atoms with Gasteiger partial charge in [-0.05, 0) is 48.7 Å². The molecule has 1 saturated carbocycles. The molecule has 0 spiro atoms. The third-order valence-electron chi connectivity index (χ3n) is 3.28. The summed E-state index contributed by atoms with van der Waals surface area (Å²) in [7, 11) is 1.96. The molecule has 19 heavy (non-hydrogen) atoms. The average Bonchev–Trinajstić information content (AvgIpc) is 3.14. The van der Waals surface area contributed by atoms with Gasteiger partial charge in [0.25, 0.3) is 0 Å². The van der Waals surface area contributed by atoms with Crippen LogP contribution in [0.3, 0.4) is 0 Å². The summed E-state index contributed by atoms with van der Waals surface area (Å²) in [6.45, 7) is 3.12. The molecule has 0 saturated heterocycles. The molecule has 1 N–H and O–H groups in total. The Bertz CT molecular complexity index is 575. The van der Waals surface area contributed by atoms with Crippen LogP contribution in [-0.2, 0) is 13.6 Å². The van der Waals surface area contributed by atoms with Gasteiger partial charge in [-0.25, -0.2) is 0 Å². The second-order valence-corrected chi connectivity index (χ2v) is 6.09. The van der Waals surface area contributed by atoms with E-state index in [0.29, 0.717) is 0 Å². The van der Waals surface area contributed by atoms with Crippen LogP contribution in [0.25, 0.3) is 0 Å². The van der Waals surface area contributed by atoms with Crippen LogP contribution in [0.5, 0.6) is 0 Å². The molecule has 0 aliphatic heterocycles. The van der Waals surface area contributed by atoms with Crippen molar-refractivity contribution in [1.29, 1.82) is 0 Å². The largest absolute Gasteiger partial charge is 0.311 e. The van der Waals surface area contributed by atoms with Crippen LogP contribution in [0.2, 0.25) is 0 Å². The maximum Gasteiger partial charge on any atom is 0.195 e. The van der Waals surface area contributed by atoms with E-state index in [1.54, 1.807) is 18.1 Å². The maximum absolute atomic E-state index is 4.11. The van der Waals surface area contributed by atoms with E-state index in [1.165, 1.54) is 28.9 Å². The molecule has 5 heteroatoms. The van der Waals surface area contributed by atoms with Gasteiger partial charge in [0.2, 0.25) is 0 Å². The number of aryl methyl sites for hydroxylation is 2. The first-order valence-electron chi connectivity index (χ1n) is 6.57. The van der Waals surface area contributed by atoms with Crippen LogP contribution >= 0.6 is 11.8 Å². The number of benzene rings is 1. The Labute approximate surface area is 117 Å². The van der Waals surface area contributed by atoms with Crippen LogP contribution in [0.15, 0.2) is 34.6 Å². The lowest BCUT2D eigenvalue weighted by Crippen LogP contribution is -2.15. The van der Waals surface area contributed by atoms with Gasteiger partial charge in [-0.15, -0.1) is 10.2 Å². The van der Waals surface area contributed by atoms with Crippen molar-refractivity contribution in [3.8, 4) is 0 Å². The zero-order chi connectivity index (χ0) is 13.2. The van der Waals surface area contributed by atoms with Crippen LogP contribution in [0, 0.1) is 6.92 Å². The molecule has 0 amide bonds. The molecule has 1 heterocycles. The van der Waals surface area contributed by atoms with Gasteiger partial charge in [-0.1, -0.05) is 12.1 Å². The quantitative estimate of drug-likeness (QED) is 0.910. The van der Waals surface area contributed by atoms with Gasteiger partial charge in [0.05, 0.1) is 0 Å². The summed E-state index contributed by atoms with van der Waals surface area (Å²) < 4.78 is 1.94. The van der Waals surface area contributed by atoms with Crippen LogP contribution < -0.4 is 5.32 Å². The summed E-state index contributed by atoms with van der Waals surface area (Å²) in [5.41, 5.74) is 2.65. The molecule has 1 aromatic carbocycles. The third-order valence-corrected chi connectivity index (χ3v) is 4.51. The van der Waals surface area contributed by atoms with E-state index in [9.17, 15) is 0 Å². The van der Waals surface area contributed by atoms with Crippen LogP contribution in [0.1, 0.15) is 24.0 Å². The van der Waals surface area contributed by atoms with Crippen molar-refractivity contribution in [2.75, 3.05) is 0 Å². The molecule has 0 atom stereocenters. The van der Waals surface area contributed by atoms with E-state index in [2.05, 4.69) is 40.6 Å². The zero-order valence-corrected chi connectivity index (χ0v) is 12.1. The lowest BCUT2D eigenvalue weighted by molar-refractivity contribution is 0.687. The molecule has 0 unspecified atom stereocenters. The fourth-order valence-corrected chi connectivity index (χ4v) is 2.78. The van der Waals surface area contributed by atoms with Gasteiger partial charge in [-0.2, -0.15) is 0 Å². The highest BCUT2D eigenvalue weighted by Crippen LogP contribution is 2.29. The topological polar surface area (TPSA) is 42.7 Å². The zero-order valence-electron chi connectivity index (χ0n) is 11.3. The van der Waals surface area contributed by atoms with Gasteiger partial charge >= 0.3 is 0 Å². The third kappa shape index (κ3) is 3.16. The number of hydrogen-bond donors (Lipinski definition) is 1. The Kier molecular flexibility index (Phi) is 3.57. The van der Waals surface area contributed by atoms with Crippen LogP contribution in [0.4, 0.5) is 0 Å². The van der Waals surface area contributed by atoms with E-state index in [1.807, 2.05) is 11.6 Å². The summed E-state index contributed by atoms with van der Waals surface area (Å²) >= 11 is 1.66. The smallest absolute Gasteiger partial charge is 0.195 e. The fraction of sp³-hybridized carbons (Fsp3) is 0.429. The lowest BCUT2D eigenvalue weighted by Gasteiger charge is -2.08. The van der Waals surface area contributed by atoms with Crippen molar-refractivity contribution in [3.05, 3.63) is 35.7 Å². The Morgan fingerprint density at radius 2 is 2.26 bits per heavy atom. The van der Waals surface area contributed by atoms with E-state index in [4.69, 9.17) is 0 Å². The van der Waals surface area contributed by atoms with Crippen molar-refractivity contribution < 1.29 is 0 Å². The molecule has 1 aromatic heterocycles. The lowest BCUT2D eigenvalue weighted by atomic mass is 10.1. The molecule has 100 valence electrons. The first-order chi connectivity index (χ1) is 9.22. The first-order valence-corrected chi connectivity index (χ1v) is 7.39.